The molecule has 2 heterocycles. The van der Waals surface area contributed by atoms with Crippen LogP contribution in [0.15, 0.2) is 0 Å². The van der Waals surface area contributed by atoms with Crippen molar-refractivity contribution in [1.82, 2.24) is 9.80 Å². The molecule has 2 amide bonds. The highest BCUT2D eigenvalue weighted by Crippen LogP contribution is 2.19. The van der Waals surface area contributed by atoms with Gasteiger partial charge in [0.05, 0.1) is 0 Å². The average molecular weight is 399 g/mol. The Balaban J connectivity index is 0.000000280. The van der Waals surface area contributed by atoms with Gasteiger partial charge in [0.2, 0.25) is 0 Å². The Morgan fingerprint density at radius 2 is 1.04 bits per heavy atom. The van der Waals surface area contributed by atoms with E-state index in [2.05, 4.69) is 13.8 Å². The minimum absolute atomic E-state index is 0.163. The minimum Gasteiger partial charge on any atom is -0.444 e. The van der Waals surface area contributed by atoms with Gasteiger partial charge in [-0.15, -0.1) is 0 Å². The zero-order chi connectivity index (χ0) is 21.5. The molecule has 0 spiro atoms. The van der Waals surface area contributed by atoms with Crippen molar-refractivity contribution in [2.24, 2.45) is 11.8 Å². The van der Waals surface area contributed by atoms with Crippen LogP contribution in [-0.2, 0) is 9.47 Å². The Labute approximate surface area is 171 Å². The van der Waals surface area contributed by atoms with E-state index in [0.717, 1.165) is 39.0 Å². The Kier molecular flexibility index (Phi) is 9.09. The first-order chi connectivity index (χ1) is 12.8. The number of carbonyl (C=O) groups excluding carboxylic acids is 2. The zero-order valence-electron chi connectivity index (χ0n) is 19.3. The predicted octanol–water partition coefficient (Wildman–Crippen LogP) is 5.31. The smallest absolute Gasteiger partial charge is 0.410 e. The van der Waals surface area contributed by atoms with Gasteiger partial charge in [-0.05, 0) is 79.1 Å². The molecular formula is C22H42N2O4. The fourth-order valence-electron chi connectivity index (χ4n) is 3.36. The van der Waals surface area contributed by atoms with E-state index in [0.29, 0.717) is 11.8 Å². The van der Waals surface area contributed by atoms with Crippen LogP contribution in [0.25, 0.3) is 0 Å². The molecule has 0 aliphatic carbocycles. The maximum absolute atomic E-state index is 11.7. The molecule has 0 aromatic carbocycles. The van der Waals surface area contributed by atoms with Crippen LogP contribution in [0.4, 0.5) is 9.59 Å². The van der Waals surface area contributed by atoms with Crippen molar-refractivity contribution in [2.75, 3.05) is 26.2 Å². The van der Waals surface area contributed by atoms with Gasteiger partial charge >= 0.3 is 12.2 Å². The van der Waals surface area contributed by atoms with Crippen LogP contribution in [0.1, 0.15) is 81.1 Å². The zero-order valence-corrected chi connectivity index (χ0v) is 19.3. The van der Waals surface area contributed by atoms with Gasteiger partial charge in [-0.2, -0.15) is 0 Å². The van der Waals surface area contributed by atoms with E-state index in [1.165, 1.54) is 12.8 Å². The summed E-state index contributed by atoms with van der Waals surface area (Å²) in [5.41, 5.74) is -0.754. The molecule has 6 nitrogen and oxygen atoms in total. The Morgan fingerprint density at radius 3 is 1.29 bits per heavy atom. The summed E-state index contributed by atoms with van der Waals surface area (Å²) in [7, 11) is 0. The summed E-state index contributed by atoms with van der Waals surface area (Å²) in [6.45, 7) is 19.1. The van der Waals surface area contributed by atoms with Gasteiger partial charge in [-0.25, -0.2) is 9.59 Å². The van der Waals surface area contributed by atoms with Crippen molar-refractivity contribution in [1.29, 1.82) is 0 Å². The molecule has 0 aromatic heterocycles. The number of amides is 2. The van der Waals surface area contributed by atoms with Gasteiger partial charge in [0.15, 0.2) is 0 Å². The lowest BCUT2D eigenvalue weighted by molar-refractivity contribution is 0.0165. The van der Waals surface area contributed by atoms with Crippen molar-refractivity contribution in [3.05, 3.63) is 0 Å². The third kappa shape index (κ3) is 10.2. The maximum Gasteiger partial charge on any atom is 0.410 e. The number of piperidine rings is 2. The third-order valence-corrected chi connectivity index (χ3v) is 4.62. The minimum atomic E-state index is -0.377. The number of hydrogen-bond donors (Lipinski definition) is 0. The Bertz CT molecular complexity index is 462. The SMILES string of the molecule is CC1CCCN(C(=O)OC(C)(C)C)C1.CC1CCCN(C(=O)OC(C)(C)C)C1. The van der Waals surface area contributed by atoms with Gasteiger partial charge in [-0.3, -0.25) is 0 Å². The molecule has 2 aliphatic heterocycles. The van der Waals surface area contributed by atoms with Crippen LogP contribution in [-0.4, -0.2) is 59.4 Å². The molecule has 2 aliphatic rings. The summed E-state index contributed by atoms with van der Waals surface area (Å²) >= 11 is 0. The number of rotatable bonds is 0. The second-order valence-electron chi connectivity index (χ2n) is 10.3. The Morgan fingerprint density at radius 1 is 0.714 bits per heavy atom. The molecule has 2 saturated heterocycles. The van der Waals surface area contributed by atoms with E-state index in [9.17, 15) is 9.59 Å². The number of hydrogen-bond acceptors (Lipinski definition) is 4. The highest BCUT2D eigenvalue weighted by atomic mass is 16.6. The summed E-state index contributed by atoms with van der Waals surface area (Å²) in [6.07, 6.45) is 4.31. The summed E-state index contributed by atoms with van der Waals surface area (Å²) in [5.74, 6) is 1.22. The van der Waals surface area contributed by atoms with Gasteiger partial charge in [0.1, 0.15) is 11.2 Å². The highest BCUT2D eigenvalue weighted by Gasteiger charge is 2.26. The van der Waals surface area contributed by atoms with Crippen molar-refractivity contribution in [2.45, 2.75) is 92.3 Å². The first-order valence-corrected chi connectivity index (χ1v) is 10.7. The molecule has 2 rings (SSSR count). The van der Waals surface area contributed by atoms with E-state index in [1.54, 1.807) is 0 Å². The monoisotopic (exact) mass is 398 g/mol. The van der Waals surface area contributed by atoms with E-state index in [1.807, 2.05) is 51.3 Å². The molecule has 28 heavy (non-hydrogen) atoms. The number of nitrogens with zero attached hydrogens (tertiary/aromatic N) is 2. The van der Waals surface area contributed by atoms with Crippen LogP contribution in [0.3, 0.4) is 0 Å². The van der Waals surface area contributed by atoms with Gasteiger partial charge in [0.25, 0.3) is 0 Å². The molecule has 164 valence electrons. The Hall–Kier alpha value is -1.46. The molecule has 0 bridgehead atoms. The average Bonchev–Trinajstić information content (AvgIpc) is 2.52. The van der Waals surface area contributed by atoms with Crippen molar-refractivity contribution in [3.8, 4) is 0 Å². The molecule has 2 fully saturated rings. The fourth-order valence-corrected chi connectivity index (χ4v) is 3.36. The van der Waals surface area contributed by atoms with Crippen LogP contribution in [0.2, 0.25) is 0 Å². The topological polar surface area (TPSA) is 59.1 Å². The molecule has 0 N–H and O–H groups in total. The van der Waals surface area contributed by atoms with E-state index < -0.39 is 0 Å². The van der Waals surface area contributed by atoms with E-state index in [4.69, 9.17) is 9.47 Å². The van der Waals surface area contributed by atoms with Crippen LogP contribution < -0.4 is 0 Å². The van der Waals surface area contributed by atoms with Crippen molar-refractivity contribution >= 4 is 12.2 Å². The second kappa shape index (κ2) is 10.4. The molecule has 2 unspecified atom stereocenters. The first kappa shape index (κ1) is 24.6. The van der Waals surface area contributed by atoms with Crippen molar-refractivity contribution in [3.63, 3.8) is 0 Å². The third-order valence-electron chi connectivity index (χ3n) is 4.62. The van der Waals surface area contributed by atoms with Crippen LogP contribution >= 0.6 is 0 Å². The summed E-state index contributed by atoms with van der Waals surface area (Å²) in [6, 6.07) is 0. The van der Waals surface area contributed by atoms with Crippen molar-refractivity contribution < 1.29 is 19.1 Å². The van der Waals surface area contributed by atoms with Gasteiger partial charge in [-0.1, -0.05) is 13.8 Å². The van der Waals surface area contributed by atoms with Crippen LogP contribution in [0.5, 0.6) is 0 Å². The highest BCUT2D eigenvalue weighted by molar-refractivity contribution is 5.68. The second-order valence-corrected chi connectivity index (χ2v) is 10.3. The number of carbonyl (C=O) groups is 2. The lowest BCUT2D eigenvalue weighted by atomic mass is 10.0. The predicted molar refractivity (Wildman–Crippen MR) is 112 cm³/mol. The summed E-state index contributed by atoms with van der Waals surface area (Å²) < 4.78 is 10.6. The molecule has 2 atom stereocenters. The molecule has 0 radical (unpaired) electrons. The fraction of sp³-hybridized carbons (Fsp3) is 0.909. The molecule has 0 saturated carbocycles. The normalized spacial score (nSPS) is 23.4. The first-order valence-electron chi connectivity index (χ1n) is 10.7. The van der Waals surface area contributed by atoms with E-state index >= 15 is 0 Å². The van der Waals surface area contributed by atoms with Crippen LogP contribution in [0, 0.1) is 11.8 Å². The summed E-state index contributed by atoms with van der Waals surface area (Å²) in [5, 5.41) is 0. The lowest BCUT2D eigenvalue weighted by Gasteiger charge is -2.32. The largest absolute Gasteiger partial charge is 0.444 e. The van der Waals surface area contributed by atoms with Gasteiger partial charge in [0, 0.05) is 26.2 Å². The summed E-state index contributed by atoms with van der Waals surface area (Å²) in [4.78, 5) is 27.0. The standard InChI is InChI=1S/2C11H21NO2/c2*1-9-6-5-7-12(8-9)10(13)14-11(2,3)4/h2*9H,5-8H2,1-4H3. The quantitative estimate of drug-likeness (QED) is 0.555. The maximum atomic E-state index is 11.7. The molecule has 6 heteroatoms. The van der Waals surface area contributed by atoms with Gasteiger partial charge < -0.3 is 19.3 Å². The number of ether oxygens (including phenoxy) is 2. The molecule has 0 aromatic rings. The lowest BCUT2D eigenvalue weighted by Crippen LogP contribution is -2.42. The number of likely N-dealkylation sites (tertiary alicyclic amines) is 2. The van der Waals surface area contributed by atoms with E-state index in [-0.39, 0.29) is 23.4 Å². The molecular weight excluding hydrogens is 356 g/mol.